The van der Waals surface area contributed by atoms with Crippen LogP contribution in [0.4, 0.5) is 11.8 Å². The lowest BCUT2D eigenvalue weighted by Crippen LogP contribution is -2.43. The summed E-state index contributed by atoms with van der Waals surface area (Å²) in [6.45, 7) is 2.36. The Hall–Kier alpha value is -3.67. The smallest absolute Gasteiger partial charge is 0.237 e. The number of amides is 1. The van der Waals surface area contributed by atoms with Gasteiger partial charge in [0.1, 0.15) is 5.82 Å². The quantitative estimate of drug-likeness (QED) is 0.479. The molecular weight excluding hydrogens is 470 g/mol. The average molecular weight is 498 g/mol. The zero-order chi connectivity index (χ0) is 24.9. The summed E-state index contributed by atoms with van der Waals surface area (Å²) in [6, 6.07) is 5.17. The molecule has 0 aliphatic heterocycles. The SMILES string of the molecule is CCOc1cncc(-c2ccc(NC(=O)C3(c4ccnc(NS(C)(=O)=O)n4)CCCCC3)nc2)n1. The third-order valence-electron chi connectivity index (χ3n) is 5.77. The minimum Gasteiger partial charge on any atom is -0.477 e. The summed E-state index contributed by atoms with van der Waals surface area (Å²) in [7, 11) is -3.55. The van der Waals surface area contributed by atoms with Crippen molar-refractivity contribution in [3.8, 4) is 17.1 Å². The summed E-state index contributed by atoms with van der Waals surface area (Å²) >= 11 is 0. The second-order valence-electron chi connectivity index (χ2n) is 8.34. The maximum atomic E-state index is 13.6. The van der Waals surface area contributed by atoms with Gasteiger partial charge in [0.05, 0.1) is 42.1 Å². The predicted octanol–water partition coefficient (Wildman–Crippen LogP) is 2.94. The first-order valence-corrected chi connectivity index (χ1v) is 13.2. The average Bonchev–Trinajstić information content (AvgIpc) is 2.84. The Labute approximate surface area is 203 Å². The Balaban J connectivity index is 1.57. The molecule has 184 valence electrons. The van der Waals surface area contributed by atoms with Crippen molar-refractivity contribution in [1.82, 2.24) is 24.9 Å². The summed E-state index contributed by atoms with van der Waals surface area (Å²) in [5.74, 6) is 0.526. The van der Waals surface area contributed by atoms with E-state index in [2.05, 4.69) is 35.0 Å². The molecule has 0 aromatic carbocycles. The van der Waals surface area contributed by atoms with E-state index >= 15 is 0 Å². The predicted molar refractivity (Wildman–Crippen MR) is 130 cm³/mol. The van der Waals surface area contributed by atoms with Crippen molar-refractivity contribution in [1.29, 1.82) is 0 Å². The lowest BCUT2D eigenvalue weighted by molar-refractivity contribution is -0.123. The van der Waals surface area contributed by atoms with E-state index in [9.17, 15) is 13.2 Å². The summed E-state index contributed by atoms with van der Waals surface area (Å²) in [4.78, 5) is 34.9. The van der Waals surface area contributed by atoms with Gasteiger partial charge in [0.15, 0.2) is 0 Å². The van der Waals surface area contributed by atoms with Gasteiger partial charge in [0.2, 0.25) is 27.8 Å². The normalized spacial score (nSPS) is 15.3. The lowest BCUT2D eigenvalue weighted by atomic mass is 9.71. The maximum Gasteiger partial charge on any atom is 0.237 e. The van der Waals surface area contributed by atoms with Gasteiger partial charge >= 0.3 is 0 Å². The first-order valence-electron chi connectivity index (χ1n) is 11.3. The van der Waals surface area contributed by atoms with Crippen LogP contribution in [-0.2, 0) is 20.2 Å². The van der Waals surface area contributed by atoms with Gasteiger partial charge in [-0.3, -0.25) is 14.5 Å². The molecule has 35 heavy (non-hydrogen) atoms. The van der Waals surface area contributed by atoms with E-state index in [0.29, 0.717) is 42.5 Å². The van der Waals surface area contributed by atoms with E-state index in [4.69, 9.17) is 4.74 Å². The fraction of sp³-hybridized carbons (Fsp3) is 0.391. The Morgan fingerprint density at radius 2 is 1.86 bits per heavy atom. The summed E-state index contributed by atoms with van der Waals surface area (Å²) in [6.07, 6.45) is 11.2. The van der Waals surface area contributed by atoms with Gasteiger partial charge in [-0.15, -0.1) is 0 Å². The van der Waals surface area contributed by atoms with Gasteiger partial charge < -0.3 is 10.1 Å². The van der Waals surface area contributed by atoms with Crippen LogP contribution in [0.3, 0.4) is 0 Å². The van der Waals surface area contributed by atoms with Crippen LogP contribution in [0.5, 0.6) is 5.88 Å². The number of pyridine rings is 1. The number of rotatable bonds is 8. The van der Waals surface area contributed by atoms with E-state index in [1.54, 1.807) is 36.8 Å². The van der Waals surface area contributed by atoms with Gasteiger partial charge in [-0.25, -0.2) is 28.4 Å². The second kappa shape index (κ2) is 10.3. The third kappa shape index (κ3) is 5.88. The van der Waals surface area contributed by atoms with Gasteiger partial charge in [-0.2, -0.15) is 0 Å². The highest BCUT2D eigenvalue weighted by Crippen LogP contribution is 2.40. The summed E-state index contributed by atoms with van der Waals surface area (Å²) < 4.78 is 30.9. The van der Waals surface area contributed by atoms with Crippen LogP contribution in [0.25, 0.3) is 11.3 Å². The molecule has 3 heterocycles. The van der Waals surface area contributed by atoms with E-state index in [-0.39, 0.29) is 11.9 Å². The molecule has 1 aliphatic rings. The number of hydrogen-bond acceptors (Lipinski definition) is 9. The first-order chi connectivity index (χ1) is 16.8. The van der Waals surface area contributed by atoms with Crippen LogP contribution in [-0.4, -0.2) is 52.1 Å². The highest BCUT2D eigenvalue weighted by Gasteiger charge is 2.43. The third-order valence-corrected chi connectivity index (χ3v) is 6.32. The molecule has 1 amide bonds. The molecule has 0 saturated heterocycles. The van der Waals surface area contributed by atoms with Gasteiger partial charge in [-0.05, 0) is 38.0 Å². The van der Waals surface area contributed by atoms with Crippen LogP contribution < -0.4 is 14.8 Å². The number of nitrogens with one attached hydrogen (secondary N) is 2. The molecule has 1 fully saturated rings. The zero-order valence-electron chi connectivity index (χ0n) is 19.6. The van der Waals surface area contributed by atoms with E-state index < -0.39 is 15.4 Å². The molecule has 0 spiro atoms. The zero-order valence-corrected chi connectivity index (χ0v) is 20.4. The Bertz CT molecular complexity index is 1290. The highest BCUT2D eigenvalue weighted by atomic mass is 32.2. The van der Waals surface area contributed by atoms with E-state index in [1.807, 2.05) is 6.92 Å². The fourth-order valence-corrected chi connectivity index (χ4v) is 4.58. The van der Waals surface area contributed by atoms with E-state index in [1.165, 1.54) is 6.20 Å². The van der Waals surface area contributed by atoms with Gasteiger partial charge in [-0.1, -0.05) is 19.3 Å². The van der Waals surface area contributed by atoms with Crippen molar-refractivity contribution in [3.63, 3.8) is 0 Å². The lowest BCUT2D eigenvalue weighted by Gasteiger charge is -2.35. The van der Waals surface area contributed by atoms with E-state index in [0.717, 1.165) is 31.1 Å². The topological polar surface area (TPSA) is 149 Å². The van der Waals surface area contributed by atoms with Crippen LogP contribution >= 0.6 is 0 Å². The molecule has 0 bridgehead atoms. The van der Waals surface area contributed by atoms with Crippen LogP contribution in [0, 0.1) is 0 Å². The molecule has 0 atom stereocenters. The minimum absolute atomic E-state index is 0.0550. The Morgan fingerprint density at radius 3 is 2.54 bits per heavy atom. The number of ether oxygens (including phenoxy) is 1. The second-order valence-corrected chi connectivity index (χ2v) is 10.1. The highest BCUT2D eigenvalue weighted by molar-refractivity contribution is 7.91. The monoisotopic (exact) mass is 497 g/mol. The number of nitrogens with zero attached hydrogens (tertiary/aromatic N) is 5. The number of carbonyl (C=O) groups excluding carboxylic acids is 1. The maximum absolute atomic E-state index is 13.6. The van der Waals surface area contributed by atoms with Crippen LogP contribution in [0.2, 0.25) is 0 Å². The molecule has 11 nitrogen and oxygen atoms in total. The first kappa shape index (κ1) is 24.5. The van der Waals surface area contributed by atoms with Crippen molar-refractivity contribution in [2.24, 2.45) is 0 Å². The molecule has 2 N–H and O–H groups in total. The largest absolute Gasteiger partial charge is 0.477 e. The standard InChI is InChI=1S/C23H27N7O4S/c1-3-34-20-15-24-14-17(27-20)16-7-8-19(26-13-16)29-21(31)23(10-5-4-6-11-23)18-9-12-25-22(28-18)30-35(2,32)33/h7-9,12-15H,3-6,10-11H2,1-2H3,(H,25,28,30)(H,26,29,31). The van der Waals surface area contributed by atoms with Crippen molar-refractivity contribution in [2.75, 3.05) is 22.9 Å². The minimum atomic E-state index is -3.55. The van der Waals surface area contributed by atoms with Gasteiger partial charge in [0.25, 0.3) is 0 Å². The van der Waals surface area contributed by atoms with Crippen molar-refractivity contribution in [2.45, 2.75) is 44.4 Å². The number of anilines is 2. The summed E-state index contributed by atoms with van der Waals surface area (Å²) in [5, 5.41) is 2.92. The fourth-order valence-electron chi connectivity index (χ4n) is 4.15. The number of carbonyl (C=O) groups is 1. The molecular formula is C23H27N7O4S. The van der Waals surface area contributed by atoms with Crippen LogP contribution in [0.15, 0.2) is 43.0 Å². The molecule has 3 aromatic rings. The molecule has 0 unspecified atom stereocenters. The molecule has 1 saturated carbocycles. The van der Waals surface area contributed by atoms with Crippen LogP contribution in [0.1, 0.15) is 44.7 Å². The number of hydrogen-bond donors (Lipinski definition) is 2. The summed E-state index contributed by atoms with van der Waals surface area (Å²) in [5.41, 5.74) is 0.913. The number of sulfonamides is 1. The molecule has 3 aromatic heterocycles. The van der Waals surface area contributed by atoms with Crippen molar-refractivity contribution >= 4 is 27.7 Å². The van der Waals surface area contributed by atoms with Crippen molar-refractivity contribution in [3.05, 3.63) is 48.7 Å². The molecule has 12 heteroatoms. The molecule has 1 aliphatic carbocycles. The van der Waals surface area contributed by atoms with Gasteiger partial charge in [0, 0.05) is 18.0 Å². The molecule has 4 rings (SSSR count). The molecule has 0 radical (unpaired) electrons. The Kier molecular flexibility index (Phi) is 7.20. The van der Waals surface area contributed by atoms with Crippen molar-refractivity contribution < 1.29 is 17.9 Å². The number of aromatic nitrogens is 5. The Morgan fingerprint density at radius 1 is 1.06 bits per heavy atom.